The molecule has 2 aromatic carbocycles. The lowest BCUT2D eigenvalue weighted by Crippen LogP contribution is -2.13. The maximum Gasteiger partial charge on any atom is 0.174 e. The molecule has 0 atom stereocenters. The zero-order valence-electron chi connectivity index (χ0n) is 10.2. The van der Waals surface area contributed by atoms with E-state index >= 15 is 0 Å². The van der Waals surface area contributed by atoms with E-state index < -0.39 is 0 Å². The Labute approximate surface area is 123 Å². The molecular weight excluding hydrogens is 292 g/mol. The molecule has 7 heteroatoms. The molecule has 20 heavy (non-hydrogen) atoms. The Bertz CT molecular complexity index is 771. The van der Waals surface area contributed by atoms with Crippen molar-refractivity contribution in [2.75, 3.05) is 0 Å². The van der Waals surface area contributed by atoms with Gasteiger partial charge < -0.3 is 10.9 Å². The van der Waals surface area contributed by atoms with Crippen molar-refractivity contribution in [3.8, 4) is 0 Å². The monoisotopic (exact) mass is 302 g/mol. The number of hydrogen-bond acceptors (Lipinski definition) is 6. The van der Waals surface area contributed by atoms with Crippen LogP contribution in [0.4, 0.5) is 0 Å². The number of nitrogens with two attached hydrogens (primary N) is 1. The van der Waals surface area contributed by atoms with E-state index in [1.807, 2.05) is 36.4 Å². The predicted octanol–water partition coefficient (Wildman–Crippen LogP) is 2.94. The number of amidine groups is 1. The van der Waals surface area contributed by atoms with Crippen molar-refractivity contribution in [1.82, 2.24) is 9.36 Å². The van der Waals surface area contributed by atoms with Crippen LogP contribution in [0.2, 0.25) is 0 Å². The standard InChI is InChI=1S/C13H10N4OS2/c14-12(17-18)10-5-6-11(19-13-15-7-16-20-13)9-4-2-1-3-8(9)10/h1-7,18H,(H2,14,17). The molecule has 0 spiro atoms. The predicted molar refractivity (Wildman–Crippen MR) is 80.5 cm³/mol. The zero-order valence-corrected chi connectivity index (χ0v) is 11.9. The van der Waals surface area contributed by atoms with Crippen molar-refractivity contribution in [1.29, 1.82) is 0 Å². The Morgan fingerprint density at radius 3 is 2.70 bits per heavy atom. The van der Waals surface area contributed by atoms with Gasteiger partial charge in [-0.1, -0.05) is 41.2 Å². The van der Waals surface area contributed by atoms with Crippen LogP contribution in [0, 0.1) is 0 Å². The van der Waals surface area contributed by atoms with Crippen LogP contribution in [0.15, 0.2) is 57.1 Å². The smallest absolute Gasteiger partial charge is 0.174 e. The number of fused-ring (bicyclic) bond motifs is 1. The van der Waals surface area contributed by atoms with Crippen LogP contribution in [-0.4, -0.2) is 20.4 Å². The molecular formula is C13H10N4OS2. The SMILES string of the molecule is N/C(=N/O)c1ccc(Sc2ncns2)c2ccccc12. The number of hydrogen-bond donors (Lipinski definition) is 2. The minimum atomic E-state index is 0.105. The number of oxime groups is 1. The summed E-state index contributed by atoms with van der Waals surface area (Å²) in [6, 6.07) is 11.6. The molecule has 0 unspecified atom stereocenters. The van der Waals surface area contributed by atoms with E-state index in [9.17, 15) is 0 Å². The van der Waals surface area contributed by atoms with E-state index in [2.05, 4.69) is 14.5 Å². The van der Waals surface area contributed by atoms with Gasteiger partial charge >= 0.3 is 0 Å². The van der Waals surface area contributed by atoms with Crippen molar-refractivity contribution in [3.05, 3.63) is 48.3 Å². The van der Waals surface area contributed by atoms with Crippen LogP contribution in [0.1, 0.15) is 5.56 Å². The third kappa shape index (κ3) is 2.33. The van der Waals surface area contributed by atoms with Gasteiger partial charge in [-0.2, -0.15) is 4.37 Å². The summed E-state index contributed by atoms with van der Waals surface area (Å²) in [5.41, 5.74) is 6.43. The van der Waals surface area contributed by atoms with E-state index in [-0.39, 0.29) is 5.84 Å². The van der Waals surface area contributed by atoms with Crippen molar-refractivity contribution >= 4 is 39.9 Å². The second-order valence-electron chi connectivity index (χ2n) is 3.95. The Morgan fingerprint density at radius 1 is 1.20 bits per heavy atom. The first-order valence-corrected chi connectivity index (χ1v) is 7.33. The lowest BCUT2D eigenvalue weighted by atomic mass is 10.0. The summed E-state index contributed by atoms with van der Waals surface area (Å²) in [7, 11) is 0. The molecule has 3 rings (SSSR count). The van der Waals surface area contributed by atoms with Crippen LogP contribution in [-0.2, 0) is 0 Å². The zero-order chi connectivity index (χ0) is 13.9. The highest BCUT2D eigenvalue weighted by Crippen LogP contribution is 2.35. The molecule has 0 fully saturated rings. The Morgan fingerprint density at radius 2 is 2.00 bits per heavy atom. The molecule has 0 saturated carbocycles. The molecule has 0 radical (unpaired) electrons. The first-order chi connectivity index (χ1) is 9.79. The van der Waals surface area contributed by atoms with Gasteiger partial charge in [0.2, 0.25) is 0 Å². The fourth-order valence-electron chi connectivity index (χ4n) is 1.94. The molecule has 0 aliphatic rings. The van der Waals surface area contributed by atoms with Crippen LogP contribution >= 0.6 is 23.3 Å². The summed E-state index contributed by atoms with van der Waals surface area (Å²) in [6.07, 6.45) is 1.54. The normalized spacial score (nSPS) is 11.9. The van der Waals surface area contributed by atoms with E-state index in [4.69, 9.17) is 10.9 Å². The van der Waals surface area contributed by atoms with E-state index in [1.54, 1.807) is 18.1 Å². The second kappa shape index (κ2) is 5.48. The van der Waals surface area contributed by atoms with Crippen molar-refractivity contribution < 1.29 is 5.21 Å². The Kier molecular flexibility index (Phi) is 3.53. The molecule has 0 aliphatic carbocycles. The minimum absolute atomic E-state index is 0.105. The van der Waals surface area contributed by atoms with Crippen LogP contribution < -0.4 is 5.73 Å². The largest absolute Gasteiger partial charge is 0.409 e. The van der Waals surface area contributed by atoms with Crippen molar-refractivity contribution in [3.63, 3.8) is 0 Å². The topological polar surface area (TPSA) is 84.4 Å². The lowest BCUT2D eigenvalue weighted by molar-refractivity contribution is 0.318. The van der Waals surface area contributed by atoms with Crippen LogP contribution in [0.3, 0.4) is 0 Å². The van der Waals surface area contributed by atoms with E-state index in [0.717, 1.165) is 20.0 Å². The number of aromatic nitrogens is 2. The highest BCUT2D eigenvalue weighted by Gasteiger charge is 2.10. The molecule has 1 aromatic heterocycles. The molecule has 3 N–H and O–H groups in total. The number of rotatable bonds is 3. The third-order valence-electron chi connectivity index (χ3n) is 2.81. The molecule has 0 aliphatic heterocycles. The van der Waals surface area contributed by atoms with Gasteiger partial charge in [-0.3, -0.25) is 0 Å². The molecule has 100 valence electrons. The second-order valence-corrected chi connectivity index (χ2v) is 6.02. The molecule has 0 bridgehead atoms. The van der Waals surface area contributed by atoms with Gasteiger partial charge in [-0.15, -0.1) is 0 Å². The molecule has 5 nitrogen and oxygen atoms in total. The maximum absolute atomic E-state index is 8.87. The molecule has 1 heterocycles. The summed E-state index contributed by atoms with van der Waals surface area (Å²) >= 11 is 2.91. The fourth-order valence-corrected chi connectivity index (χ4v) is 3.48. The Balaban J connectivity index is 2.16. The summed E-state index contributed by atoms with van der Waals surface area (Å²) in [5.74, 6) is 0.105. The van der Waals surface area contributed by atoms with Gasteiger partial charge in [-0.05, 0) is 34.4 Å². The fraction of sp³-hybridized carbons (Fsp3) is 0. The van der Waals surface area contributed by atoms with Gasteiger partial charge in [0, 0.05) is 10.5 Å². The maximum atomic E-state index is 8.87. The summed E-state index contributed by atoms with van der Waals surface area (Å²) in [6.45, 7) is 0. The quantitative estimate of drug-likeness (QED) is 0.336. The van der Waals surface area contributed by atoms with Gasteiger partial charge in [0.25, 0.3) is 0 Å². The highest BCUT2D eigenvalue weighted by atomic mass is 32.2. The summed E-state index contributed by atoms with van der Waals surface area (Å²) < 4.78 is 4.88. The summed E-state index contributed by atoms with van der Waals surface area (Å²) in [4.78, 5) is 5.24. The average molecular weight is 302 g/mol. The third-order valence-corrected chi connectivity index (χ3v) is 4.60. The van der Waals surface area contributed by atoms with Crippen molar-refractivity contribution in [2.24, 2.45) is 10.9 Å². The first-order valence-electron chi connectivity index (χ1n) is 5.74. The first kappa shape index (κ1) is 12.9. The number of benzene rings is 2. The molecule has 0 amide bonds. The van der Waals surface area contributed by atoms with Crippen LogP contribution in [0.25, 0.3) is 10.8 Å². The van der Waals surface area contributed by atoms with E-state index in [0.29, 0.717) is 5.56 Å². The van der Waals surface area contributed by atoms with Gasteiger partial charge in [0.05, 0.1) is 0 Å². The highest BCUT2D eigenvalue weighted by molar-refractivity contribution is 8.01. The lowest BCUT2D eigenvalue weighted by Gasteiger charge is -2.08. The minimum Gasteiger partial charge on any atom is -0.409 e. The van der Waals surface area contributed by atoms with Crippen LogP contribution in [0.5, 0.6) is 0 Å². The van der Waals surface area contributed by atoms with Gasteiger partial charge in [0.1, 0.15) is 6.33 Å². The van der Waals surface area contributed by atoms with Gasteiger partial charge in [0.15, 0.2) is 10.2 Å². The summed E-state index contributed by atoms with van der Waals surface area (Å²) in [5, 5.41) is 13.9. The molecule has 3 aromatic rings. The van der Waals surface area contributed by atoms with Gasteiger partial charge in [-0.25, -0.2) is 4.98 Å². The average Bonchev–Trinajstić information content (AvgIpc) is 3.00. The Hall–Kier alpha value is -2.12. The molecule has 0 saturated heterocycles. The van der Waals surface area contributed by atoms with Crippen molar-refractivity contribution in [2.45, 2.75) is 9.24 Å². The number of nitrogens with zero attached hydrogens (tertiary/aromatic N) is 3. The van der Waals surface area contributed by atoms with E-state index in [1.165, 1.54) is 11.5 Å².